The number of halogens is 2. The number of hydrogen-bond acceptors (Lipinski definition) is 4. The predicted octanol–water partition coefficient (Wildman–Crippen LogP) is 3.06. The quantitative estimate of drug-likeness (QED) is 0.811. The van der Waals surface area contributed by atoms with Gasteiger partial charge in [0.1, 0.15) is 0 Å². The number of nitrogens with zero attached hydrogens (tertiary/aromatic N) is 1. The van der Waals surface area contributed by atoms with Crippen LogP contribution in [0, 0.1) is 11.6 Å². The van der Waals surface area contributed by atoms with Crippen molar-refractivity contribution in [1.29, 1.82) is 0 Å². The number of amides is 1. The van der Waals surface area contributed by atoms with Crippen LogP contribution in [0.5, 0.6) is 0 Å². The lowest BCUT2D eigenvalue weighted by atomic mass is 10.2. The smallest absolute Gasteiger partial charge is 0.240 e. The molecule has 140 valence electrons. The highest BCUT2D eigenvalue weighted by Crippen LogP contribution is 2.34. The van der Waals surface area contributed by atoms with Crippen LogP contribution in [0.3, 0.4) is 0 Å². The summed E-state index contributed by atoms with van der Waals surface area (Å²) in [5, 5.41) is 1.96. The Morgan fingerprint density at radius 2 is 2.08 bits per heavy atom. The summed E-state index contributed by atoms with van der Waals surface area (Å²) in [6.45, 7) is 0.547. The lowest BCUT2D eigenvalue weighted by Gasteiger charge is -2.24. The average molecular weight is 400 g/mol. The number of rotatable bonds is 6. The van der Waals surface area contributed by atoms with Crippen LogP contribution in [0.2, 0.25) is 0 Å². The van der Waals surface area contributed by atoms with Crippen molar-refractivity contribution in [2.75, 3.05) is 13.1 Å². The molecule has 1 unspecified atom stereocenters. The van der Waals surface area contributed by atoms with E-state index < -0.39 is 21.7 Å². The topological polar surface area (TPSA) is 66.5 Å². The fourth-order valence-electron chi connectivity index (χ4n) is 3.01. The normalized spacial score (nSPS) is 17.6. The van der Waals surface area contributed by atoms with Crippen molar-refractivity contribution >= 4 is 27.3 Å². The van der Waals surface area contributed by atoms with Gasteiger partial charge in [0.15, 0.2) is 11.6 Å². The lowest BCUT2D eigenvalue weighted by molar-refractivity contribution is -0.131. The van der Waals surface area contributed by atoms with Crippen molar-refractivity contribution in [2.24, 2.45) is 0 Å². The van der Waals surface area contributed by atoms with E-state index in [0.717, 1.165) is 29.9 Å². The molecule has 1 aromatic carbocycles. The number of hydrogen-bond donors (Lipinski definition) is 1. The molecule has 0 saturated carbocycles. The fraction of sp³-hybridized carbons (Fsp3) is 0.353. The molecule has 3 rings (SSSR count). The summed E-state index contributed by atoms with van der Waals surface area (Å²) >= 11 is 1.60. The Labute approximate surface area is 154 Å². The van der Waals surface area contributed by atoms with Crippen LogP contribution in [-0.4, -0.2) is 32.3 Å². The molecule has 26 heavy (non-hydrogen) atoms. The number of likely N-dealkylation sites (tertiary alicyclic amines) is 1. The van der Waals surface area contributed by atoms with Gasteiger partial charge >= 0.3 is 0 Å². The summed E-state index contributed by atoms with van der Waals surface area (Å²) in [6, 6.07) is 6.34. The van der Waals surface area contributed by atoms with Crippen LogP contribution < -0.4 is 4.72 Å². The van der Waals surface area contributed by atoms with Gasteiger partial charge in [-0.2, -0.15) is 0 Å². The SMILES string of the molecule is O=C(CCNS(=O)(=O)c1ccc(F)c(F)c1)N1CCCC1c1cccs1. The molecule has 0 aliphatic carbocycles. The predicted molar refractivity (Wildman–Crippen MR) is 94.2 cm³/mol. The van der Waals surface area contributed by atoms with Gasteiger partial charge in [-0.1, -0.05) is 6.07 Å². The van der Waals surface area contributed by atoms with E-state index in [1.54, 1.807) is 16.2 Å². The first-order valence-electron chi connectivity index (χ1n) is 8.16. The van der Waals surface area contributed by atoms with Crippen LogP contribution in [0.1, 0.15) is 30.2 Å². The Morgan fingerprint density at radius 1 is 1.27 bits per heavy atom. The molecule has 2 aromatic rings. The zero-order chi connectivity index (χ0) is 18.7. The largest absolute Gasteiger partial charge is 0.335 e. The molecule has 2 heterocycles. The van der Waals surface area contributed by atoms with Crippen molar-refractivity contribution in [3.8, 4) is 0 Å². The van der Waals surface area contributed by atoms with Crippen molar-refractivity contribution in [1.82, 2.24) is 9.62 Å². The minimum absolute atomic E-state index is 0.00474. The number of carbonyl (C=O) groups is 1. The number of thiophene rings is 1. The first kappa shape index (κ1) is 18.9. The van der Waals surface area contributed by atoms with E-state index in [1.165, 1.54) is 0 Å². The van der Waals surface area contributed by atoms with Crippen molar-refractivity contribution in [2.45, 2.75) is 30.2 Å². The average Bonchev–Trinajstić information content (AvgIpc) is 3.27. The van der Waals surface area contributed by atoms with Gasteiger partial charge in [-0.05, 0) is 42.5 Å². The Balaban J connectivity index is 1.58. The highest BCUT2D eigenvalue weighted by Gasteiger charge is 2.30. The first-order chi connectivity index (χ1) is 12.4. The third kappa shape index (κ3) is 4.11. The van der Waals surface area contributed by atoms with E-state index in [4.69, 9.17) is 0 Å². The molecule has 1 N–H and O–H groups in total. The Hall–Kier alpha value is -1.84. The Kier molecular flexibility index (Phi) is 5.69. The van der Waals surface area contributed by atoms with E-state index in [-0.39, 0.29) is 29.8 Å². The zero-order valence-electron chi connectivity index (χ0n) is 13.8. The lowest BCUT2D eigenvalue weighted by Crippen LogP contribution is -2.34. The molecule has 1 aliphatic heterocycles. The van der Waals surface area contributed by atoms with Crippen LogP contribution in [0.4, 0.5) is 8.78 Å². The second kappa shape index (κ2) is 7.81. The van der Waals surface area contributed by atoms with Crippen molar-refractivity contribution in [3.63, 3.8) is 0 Å². The molecule has 0 bridgehead atoms. The second-order valence-corrected chi connectivity index (χ2v) is 8.73. The summed E-state index contributed by atoms with van der Waals surface area (Å²) in [5.74, 6) is -2.48. The van der Waals surface area contributed by atoms with Crippen molar-refractivity contribution in [3.05, 3.63) is 52.2 Å². The molecule has 1 atom stereocenters. The molecule has 1 amide bonds. The minimum Gasteiger partial charge on any atom is -0.335 e. The van der Waals surface area contributed by atoms with E-state index in [2.05, 4.69) is 4.72 Å². The Morgan fingerprint density at radius 3 is 2.77 bits per heavy atom. The molecule has 1 aromatic heterocycles. The molecule has 1 aliphatic rings. The maximum Gasteiger partial charge on any atom is 0.240 e. The maximum absolute atomic E-state index is 13.2. The van der Waals surface area contributed by atoms with Crippen LogP contribution in [-0.2, 0) is 14.8 Å². The summed E-state index contributed by atoms with van der Waals surface area (Å²) < 4.78 is 52.7. The molecule has 0 radical (unpaired) electrons. The molecule has 1 saturated heterocycles. The standard InChI is InChI=1S/C17H18F2N2O3S2/c18-13-6-5-12(11-14(13)19)26(23,24)20-8-7-17(22)21-9-1-3-15(21)16-4-2-10-25-16/h2,4-6,10-11,15,20H,1,3,7-9H2. The van der Waals surface area contributed by atoms with Crippen molar-refractivity contribution < 1.29 is 22.0 Å². The summed E-state index contributed by atoms with van der Waals surface area (Å²) in [6.07, 6.45) is 1.81. The van der Waals surface area contributed by atoms with Gasteiger partial charge in [0.25, 0.3) is 0 Å². The van der Waals surface area contributed by atoms with E-state index in [9.17, 15) is 22.0 Å². The third-order valence-corrected chi connectivity index (χ3v) is 6.71. The zero-order valence-corrected chi connectivity index (χ0v) is 15.5. The number of carbonyl (C=O) groups excluding carboxylic acids is 1. The van der Waals surface area contributed by atoms with Gasteiger partial charge in [0, 0.05) is 24.4 Å². The van der Waals surface area contributed by atoms with Crippen LogP contribution in [0.25, 0.3) is 0 Å². The molecular weight excluding hydrogens is 382 g/mol. The third-order valence-electron chi connectivity index (χ3n) is 4.28. The number of benzene rings is 1. The van der Waals surface area contributed by atoms with Gasteiger partial charge in [-0.15, -0.1) is 11.3 Å². The number of nitrogens with one attached hydrogen (secondary N) is 1. The minimum atomic E-state index is -4.00. The van der Waals surface area contributed by atoms with Gasteiger partial charge in [-0.25, -0.2) is 21.9 Å². The summed E-state index contributed by atoms with van der Waals surface area (Å²) in [5.41, 5.74) is 0. The van der Waals surface area contributed by atoms with Crippen LogP contribution in [0.15, 0.2) is 40.6 Å². The second-order valence-electron chi connectivity index (χ2n) is 5.98. The Bertz CT molecular complexity index is 885. The van der Waals surface area contributed by atoms with Gasteiger partial charge in [-0.3, -0.25) is 4.79 Å². The monoisotopic (exact) mass is 400 g/mol. The molecule has 9 heteroatoms. The van der Waals surface area contributed by atoms with Gasteiger partial charge in [0.2, 0.25) is 15.9 Å². The highest BCUT2D eigenvalue weighted by molar-refractivity contribution is 7.89. The van der Waals surface area contributed by atoms with Gasteiger partial charge in [0.05, 0.1) is 10.9 Å². The summed E-state index contributed by atoms with van der Waals surface area (Å²) in [7, 11) is -4.00. The van der Waals surface area contributed by atoms with Gasteiger partial charge < -0.3 is 4.90 Å². The van der Waals surface area contributed by atoms with E-state index in [0.29, 0.717) is 12.6 Å². The molecule has 1 fully saturated rings. The first-order valence-corrected chi connectivity index (χ1v) is 10.5. The van der Waals surface area contributed by atoms with Crippen LogP contribution >= 0.6 is 11.3 Å². The molecule has 5 nitrogen and oxygen atoms in total. The number of sulfonamides is 1. The molecular formula is C17H18F2N2O3S2. The van der Waals surface area contributed by atoms with E-state index >= 15 is 0 Å². The fourth-order valence-corrected chi connectivity index (χ4v) is 4.92. The molecule has 0 spiro atoms. The summed E-state index contributed by atoms with van der Waals surface area (Å²) in [4.78, 5) is 15.0. The maximum atomic E-state index is 13.2. The highest BCUT2D eigenvalue weighted by atomic mass is 32.2. The van der Waals surface area contributed by atoms with E-state index in [1.807, 2.05) is 17.5 Å².